The van der Waals surface area contributed by atoms with E-state index in [9.17, 15) is 9.90 Å². The van der Waals surface area contributed by atoms with Gasteiger partial charge in [0.05, 0.1) is 5.69 Å². The van der Waals surface area contributed by atoms with Gasteiger partial charge in [0.25, 0.3) is 0 Å². The lowest BCUT2D eigenvalue weighted by Crippen LogP contribution is -2.29. The maximum atomic E-state index is 11.3. The summed E-state index contributed by atoms with van der Waals surface area (Å²) in [5.74, 6) is -0.863. The zero-order valence-corrected chi connectivity index (χ0v) is 13.6. The molecule has 0 unspecified atom stereocenters. The predicted molar refractivity (Wildman–Crippen MR) is 86.6 cm³/mol. The smallest absolute Gasteiger partial charge is 0.315 e. The lowest BCUT2D eigenvalue weighted by Gasteiger charge is -2.21. The van der Waals surface area contributed by atoms with Gasteiger partial charge in [-0.3, -0.25) is 4.79 Å². The first-order valence-corrected chi connectivity index (χ1v) is 7.78. The molecule has 0 saturated carbocycles. The molecule has 0 atom stereocenters. The van der Waals surface area contributed by atoms with Crippen LogP contribution in [0.4, 0.5) is 10.8 Å². The summed E-state index contributed by atoms with van der Waals surface area (Å²) in [5, 5.41) is 12.0. The van der Waals surface area contributed by atoms with Gasteiger partial charge in [-0.15, -0.1) is 11.3 Å². The highest BCUT2D eigenvalue weighted by molar-refractivity contribution is 7.13. The van der Waals surface area contributed by atoms with Crippen LogP contribution in [-0.4, -0.2) is 22.6 Å². The summed E-state index contributed by atoms with van der Waals surface area (Å²) in [6, 6.07) is 8.22. The molecule has 5 heteroatoms. The van der Waals surface area contributed by atoms with Gasteiger partial charge in [-0.05, 0) is 45.4 Å². The maximum absolute atomic E-state index is 11.3. The topological polar surface area (TPSA) is 53.4 Å². The van der Waals surface area contributed by atoms with Crippen molar-refractivity contribution in [3.8, 4) is 0 Å². The fourth-order valence-electron chi connectivity index (χ4n) is 2.01. The summed E-state index contributed by atoms with van der Waals surface area (Å²) in [6.45, 7) is 8.25. The van der Waals surface area contributed by atoms with Crippen molar-refractivity contribution in [2.45, 2.75) is 33.1 Å². The minimum Gasteiger partial charge on any atom is -0.481 e. The normalized spacial score (nSPS) is 11.4. The molecule has 1 aromatic carbocycles. The quantitative estimate of drug-likeness (QED) is 0.908. The average Bonchev–Trinajstić information content (AvgIpc) is 2.89. The largest absolute Gasteiger partial charge is 0.481 e. The van der Waals surface area contributed by atoms with Gasteiger partial charge in [0.2, 0.25) is 0 Å². The van der Waals surface area contributed by atoms with Crippen LogP contribution in [0.5, 0.6) is 0 Å². The number of rotatable bonds is 5. The van der Waals surface area contributed by atoms with Crippen LogP contribution in [-0.2, 0) is 10.2 Å². The SMILES string of the molecule is CCN(c1cccc(C)c1)c1nc(C(C)(C)C(=O)O)cs1. The van der Waals surface area contributed by atoms with Crippen molar-refractivity contribution in [3.05, 3.63) is 40.9 Å². The first-order chi connectivity index (χ1) is 9.86. The van der Waals surface area contributed by atoms with E-state index in [0.29, 0.717) is 5.69 Å². The Morgan fingerprint density at radius 2 is 2.14 bits per heavy atom. The van der Waals surface area contributed by atoms with Crippen LogP contribution in [0.2, 0.25) is 0 Å². The van der Waals surface area contributed by atoms with Gasteiger partial charge in [0, 0.05) is 17.6 Å². The molecule has 2 rings (SSSR count). The van der Waals surface area contributed by atoms with Crippen molar-refractivity contribution in [1.29, 1.82) is 0 Å². The number of aryl methyl sites for hydroxylation is 1. The first kappa shape index (κ1) is 15.5. The molecule has 0 aliphatic carbocycles. The standard InChI is InChI=1S/C16H20N2O2S/c1-5-18(12-8-6-7-11(2)9-12)15-17-13(10-21-15)16(3,4)14(19)20/h6-10H,5H2,1-4H3,(H,19,20). The second-order valence-corrected chi connectivity index (χ2v) is 6.37. The van der Waals surface area contributed by atoms with Gasteiger partial charge in [0.1, 0.15) is 5.41 Å². The molecule has 21 heavy (non-hydrogen) atoms. The number of hydrogen-bond donors (Lipinski definition) is 1. The lowest BCUT2D eigenvalue weighted by atomic mass is 9.90. The van der Waals surface area contributed by atoms with E-state index in [-0.39, 0.29) is 0 Å². The summed E-state index contributed by atoms with van der Waals surface area (Å²) in [4.78, 5) is 18.0. The minimum atomic E-state index is -0.971. The molecule has 1 aromatic heterocycles. The molecular weight excluding hydrogens is 284 g/mol. The fourth-order valence-corrected chi connectivity index (χ4v) is 3.09. The van der Waals surface area contributed by atoms with E-state index >= 15 is 0 Å². The van der Waals surface area contributed by atoms with Crippen LogP contribution in [0.3, 0.4) is 0 Å². The van der Waals surface area contributed by atoms with Crippen LogP contribution in [0.15, 0.2) is 29.6 Å². The Morgan fingerprint density at radius 1 is 1.43 bits per heavy atom. The van der Waals surface area contributed by atoms with Crippen molar-refractivity contribution in [2.24, 2.45) is 0 Å². The molecule has 0 spiro atoms. The average molecular weight is 304 g/mol. The van der Waals surface area contributed by atoms with Crippen molar-refractivity contribution < 1.29 is 9.90 Å². The number of anilines is 2. The van der Waals surface area contributed by atoms with Gasteiger partial charge in [0.15, 0.2) is 5.13 Å². The molecule has 4 nitrogen and oxygen atoms in total. The lowest BCUT2D eigenvalue weighted by molar-refractivity contribution is -0.142. The summed E-state index contributed by atoms with van der Waals surface area (Å²) < 4.78 is 0. The number of benzene rings is 1. The monoisotopic (exact) mass is 304 g/mol. The molecule has 0 radical (unpaired) electrons. The second-order valence-electron chi connectivity index (χ2n) is 5.53. The molecule has 2 aromatic rings. The van der Waals surface area contributed by atoms with E-state index in [1.165, 1.54) is 16.9 Å². The van der Waals surface area contributed by atoms with Crippen molar-refractivity contribution in [2.75, 3.05) is 11.4 Å². The molecular formula is C16H20N2O2S. The summed E-state index contributed by atoms with van der Waals surface area (Å²) in [6.07, 6.45) is 0. The van der Waals surface area contributed by atoms with E-state index in [0.717, 1.165) is 17.4 Å². The highest BCUT2D eigenvalue weighted by Crippen LogP contribution is 2.33. The minimum absolute atomic E-state index is 0.598. The summed E-state index contributed by atoms with van der Waals surface area (Å²) in [7, 11) is 0. The summed E-state index contributed by atoms with van der Waals surface area (Å²) >= 11 is 1.48. The van der Waals surface area contributed by atoms with E-state index in [1.807, 2.05) is 17.5 Å². The summed E-state index contributed by atoms with van der Waals surface area (Å²) in [5.41, 5.74) is 1.89. The van der Waals surface area contributed by atoms with E-state index in [1.54, 1.807) is 13.8 Å². The highest BCUT2D eigenvalue weighted by Gasteiger charge is 2.32. The third-order valence-corrected chi connectivity index (χ3v) is 4.39. The number of thiazole rings is 1. The molecule has 0 aliphatic rings. The number of aromatic nitrogens is 1. The fraction of sp³-hybridized carbons (Fsp3) is 0.375. The van der Waals surface area contributed by atoms with Gasteiger partial charge in [-0.25, -0.2) is 4.98 Å². The van der Waals surface area contributed by atoms with Crippen molar-refractivity contribution >= 4 is 28.1 Å². The first-order valence-electron chi connectivity index (χ1n) is 6.90. The predicted octanol–water partition coefficient (Wildman–Crippen LogP) is 3.97. The molecule has 0 saturated heterocycles. The molecule has 1 N–H and O–H groups in total. The number of carbonyl (C=O) groups is 1. The second kappa shape index (κ2) is 5.85. The molecule has 112 valence electrons. The van der Waals surface area contributed by atoms with Gasteiger partial charge in [-0.1, -0.05) is 12.1 Å². The Hall–Kier alpha value is -1.88. The molecule has 0 bridgehead atoms. The van der Waals surface area contributed by atoms with Gasteiger partial charge >= 0.3 is 5.97 Å². The Labute approximate surface area is 129 Å². The van der Waals surface area contributed by atoms with Gasteiger partial charge < -0.3 is 10.0 Å². The Kier molecular flexibility index (Phi) is 4.32. The Balaban J connectivity index is 2.37. The number of carboxylic acid groups (broad SMARTS) is 1. The van der Waals surface area contributed by atoms with Crippen molar-refractivity contribution in [1.82, 2.24) is 4.98 Å². The molecule has 0 amide bonds. The van der Waals surface area contributed by atoms with Crippen LogP contribution in [0, 0.1) is 6.92 Å². The maximum Gasteiger partial charge on any atom is 0.315 e. The highest BCUT2D eigenvalue weighted by atomic mass is 32.1. The number of nitrogens with zero attached hydrogens (tertiary/aromatic N) is 2. The van der Waals surface area contributed by atoms with E-state index < -0.39 is 11.4 Å². The van der Waals surface area contributed by atoms with Crippen LogP contribution in [0.1, 0.15) is 32.0 Å². The third kappa shape index (κ3) is 3.08. The van der Waals surface area contributed by atoms with Crippen molar-refractivity contribution in [3.63, 3.8) is 0 Å². The number of aliphatic carboxylic acids is 1. The molecule has 0 fully saturated rings. The van der Waals surface area contributed by atoms with Crippen LogP contribution >= 0.6 is 11.3 Å². The van der Waals surface area contributed by atoms with E-state index in [2.05, 4.69) is 35.9 Å². The Morgan fingerprint density at radius 3 is 2.71 bits per heavy atom. The van der Waals surface area contributed by atoms with Crippen LogP contribution in [0.25, 0.3) is 0 Å². The zero-order valence-electron chi connectivity index (χ0n) is 12.8. The third-order valence-electron chi connectivity index (χ3n) is 3.53. The van der Waals surface area contributed by atoms with Crippen LogP contribution < -0.4 is 4.90 Å². The Bertz CT molecular complexity index is 649. The van der Waals surface area contributed by atoms with Gasteiger partial charge in [-0.2, -0.15) is 0 Å². The number of hydrogen-bond acceptors (Lipinski definition) is 4. The van der Waals surface area contributed by atoms with E-state index in [4.69, 9.17) is 0 Å². The number of carboxylic acids is 1. The molecule has 1 heterocycles. The molecule has 0 aliphatic heterocycles. The zero-order chi connectivity index (χ0) is 15.6.